The van der Waals surface area contributed by atoms with Gasteiger partial charge in [0.2, 0.25) is 0 Å². The first kappa shape index (κ1) is 12.3. The Morgan fingerprint density at radius 2 is 2.22 bits per heavy atom. The molecule has 1 aromatic heterocycles. The number of rotatable bonds is 3. The molecule has 100 valence electrons. The fourth-order valence-electron chi connectivity index (χ4n) is 3.16. The lowest BCUT2D eigenvalue weighted by molar-refractivity contribution is 0.213. The van der Waals surface area contributed by atoms with Crippen LogP contribution >= 0.6 is 11.5 Å². The topological polar surface area (TPSA) is 70.3 Å². The summed E-state index contributed by atoms with van der Waals surface area (Å²) in [5, 5.41) is 5.05. The van der Waals surface area contributed by atoms with E-state index in [1.807, 2.05) is 0 Å². The number of likely N-dealkylation sites (N-methyl/N-ethyl adjacent to an activating group) is 1. The second kappa shape index (κ2) is 5.08. The first-order valence-electron chi connectivity index (χ1n) is 6.50. The number of fused-ring (bicyclic) bond motifs is 2. The minimum atomic E-state index is 0.707. The van der Waals surface area contributed by atoms with Gasteiger partial charge in [0, 0.05) is 43.3 Å². The summed E-state index contributed by atoms with van der Waals surface area (Å²) < 4.78 is 3.96. The number of likely N-dealkylation sites (tertiary alicyclic amines) is 1. The van der Waals surface area contributed by atoms with Gasteiger partial charge in [-0.05, 0) is 26.3 Å². The molecular formula is C11H20N6S. The van der Waals surface area contributed by atoms with Crippen LogP contribution in [0.4, 0.5) is 5.00 Å². The first-order chi connectivity index (χ1) is 8.78. The van der Waals surface area contributed by atoms with Crippen LogP contribution in [0.15, 0.2) is 0 Å². The largest absolute Gasteiger partial charge is 0.313 e. The molecular weight excluding hydrogens is 248 g/mol. The van der Waals surface area contributed by atoms with Crippen LogP contribution in [-0.4, -0.2) is 51.6 Å². The van der Waals surface area contributed by atoms with Gasteiger partial charge in [-0.25, -0.2) is 5.84 Å². The van der Waals surface area contributed by atoms with Crippen molar-refractivity contribution in [3.05, 3.63) is 5.69 Å². The van der Waals surface area contributed by atoms with Crippen LogP contribution in [0.25, 0.3) is 0 Å². The smallest absolute Gasteiger partial charge is 0.148 e. The van der Waals surface area contributed by atoms with Crippen molar-refractivity contribution in [1.29, 1.82) is 0 Å². The molecule has 2 bridgehead atoms. The maximum absolute atomic E-state index is 5.47. The zero-order valence-corrected chi connectivity index (χ0v) is 11.5. The van der Waals surface area contributed by atoms with Crippen molar-refractivity contribution in [2.75, 3.05) is 25.6 Å². The highest BCUT2D eigenvalue weighted by Crippen LogP contribution is 2.29. The van der Waals surface area contributed by atoms with Crippen LogP contribution in [0.2, 0.25) is 0 Å². The Morgan fingerprint density at radius 1 is 1.39 bits per heavy atom. The monoisotopic (exact) mass is 268 g/mol. The van der Waals surface area contributed by atoms with Crippen LogP contribution in [0, 0.1) is 0 Å². The Morgan fingerprint density at radius 3 is 3.06 bits per heavy atom. The maximum Gasteiger partial charge on any atom is 0.148 e. The van der Waals surface area contributed by atoms with Crippen LogP contribution in [0.3, 0.4) is 0 Å². The number of hydrogen-bond acceptors (Lipinski definition) is 7. The van der Waals surface area contributed by atoms with Crippen molar-refractivity contribution < 1.29 is 0 Å². The number of nitrogens with one attached hydrogen (secondary N) is 1. The van der Waals surface area contributed by atoms with E-state index in [1.54, 1.807) is 0 Å². The molecule has 2 aliphatic heterocycles. The molecule has 0 spiro atoms. The van der Waals surface area contributed by atoms with Crippen LogP contribution in [-0.2, 0) is 6.54 Å². The Kier molecular flexibility index (Phi) is 3.47. The zero-order chi connectivity index (χ0) is 12.5. The lowest BCUT2D eigenvalue weighted by Crippen LogP contribution is -2.36. The number of hydrazine groups is 1. The summed E-state index contributed by atoms with van der Waals surface area (Å²) in [6.07, 6.45) is 3.95. The summed E-state index contributed by atoms with van der Waals surface area (Å²) in [6.45, 7) is 3.13. The standard InChI is InChI=1S/C11H20N6S/c1-16-8-2-3-9(16)6-17(5-4-8)7-10-11(13-12)18-15-14-10/h8-9,13H,2-7,12H2,1H3. The lowest BCUT2D eigenvalue weighted by atomic mass is 10.1. The molecule has 3 rings (SSSR count). The third-order valence-electron chi connectivity index (χ3n) is 4.29. The second-order valence-corrected chi connectivity index (χ2v) is 6.02. The molecule has 2 atom stereocenters. The van der Waals surface area contributed by atoms with E-state index in [4.69, 9.17) is 5.84 Å². The lowest BCUT2D eigenvalue weighted by Gasteiger charge is -2.25. The molecule has 0 amide bonds. The molecule has 7 heteroatoms. The molecule has 0 radical (unpaired) electrons. The van der Waals surface area contributed by atoms with Gasteiger partial charge >= 0.3 is 0 Å². The Hall–Kier alpha value is -0.760. The minimum absolute atomic E-state index is 0.707. The molecule has 0 aromatic carbocycles. The van der Waals surface area contributed by atoms with Crippen LogP contribution in [0.5, 0.6) is 0 Å². The number of hydrogen-bond donors (Lipinski definition) is 2. The molecule has 2 fully saturated rings. The van der Waals surface area contributed by atoms with Gasteiger partial charge in [0.05, 0.1) is 0 Å². The van der Waals surface area contributed by atoms with Crippen LogP contribution < -0.4 is 11.3 Å². The third kappa shape index (κ3) is 2.23. The van der Waals surface area contributed by atoms with E-state index in [0.717, 1.165) is 36.4 Å². The number of nitrogens with zero attached hydrogens (tertiary/aromatic N) is 4. The normalized spacial score (nSPS) is 29.4. The van der Waals surface area contributed by atoms with Gasteiger partial charge in [-0.3, -0.25) is 9.80 Å². The van der Waals surface area contributed by atoms with Gasteiger partial charge in [0.25, 0.3) is 0 Å². The molecule has 2 aliphatic rings. The molecule has 3 heterocycles. The van der Waals surface area contributed by atoms with Crippen molar-refractivity contribution in [1.82, 2.24) is 19.4 Å². The van der Waals surface area contributed by atoms with Gasteiger partial charge in [0.15, 0.2) is 0 Å². The van der Waals surface area contributed by atoms with Crippen molar-refractivity contribution in [2.24, 2.45) is 5.84 Å². The number of nitrogens with two attached hydrogens (primary N) is 1. The second-order valence-electron chi connectivity index (χ2n) is 5.27. The SMILES string of the molecule is CN1C2CCC1CN(Cc1nnsc1NN)CC2. The quantitative estimate of drug-likeness (QED) is 0.614. The fraction of sp³-hybridized carbons (Fsp3) is 0.818. The van der Waals surface area contributed by atoms with Gasteiger partial charge in [-0.1, -0.05) is 4.49 Å². The van der Waals surface area contributed by atoms with E-state index in [0.29, 0.717) is 6.04 Å². The van der Waals surface area contributed by atoms with E-state index in [1.165, 1.54) is 30.8 Å². The van der Waals surface area contributed by atoms with E-state index in [2.05, 4.69) is 31.9 Å². The number of nitrogen functional groups attached to an aromatic ring is 1. The Balaban J connectivity index is 1.67. The van der Waals surface area contributed by atoms with Crippen molar-refractivity contribution >= 4 is 16.5 Å². The van der Waals surface area contributed by atoms with Gasteiger partial charge < -0.3 is 5.43 Å². The Labute approximate surface area is 111 Å². The summed E-state index contributed by atoms with van der Waals surface area (Å²) in [7, 11) is 2.27. The minimum Gasteiger partial charge on any atom is -0.313 e. The Bertz CT molecular complexity index is 408. The average molecular weight is 268 g/mol. The van der Waals surface area contributed by atoms with Gasteiger partial charge in [0.1, 0.15) is 10.7 Å². The average Bonchev–Trinajstić information content (AvgIpc) is 2.88. The van der Waals surface area contributed by atoms with E-state index >= 15 is 0 Å². The van der Waals surface area contributed by atoms with Crippen molar-refractivity contribution in [2.45, 2.75) is 37.9 Å². The summed E-state index contributed by atoms with van der Waals surface area (Å²) in [5.74, 6) is 5.47. The fourth-order valence-corrected chi connectivity index (χ4v) is 3.64. The predicted molar refractivity (Wildman–Crippen MR) is 72.2 cm³/mol. The third-order valence-corrected chi connectivity index (χ3v) is 4.99. The van der Waals surface area contributed by atoms with E-state index < -0.39 is 0 Å². The summed E-state index contributed by atoms with van der Waals surface area (Å²) in [4.78, 5) is 5.04. The highest BCUT2D eigenvalue weighted by Gasteiger charge is 2.34. The van der Waals surface area contributed by atoms with Gasteiger partial charge in [-0.2, -0.15) is 0 Å². The molecule has 0 saturated carbocycles. The van der Waals surface area contributed by atoms with Crippen LogP contribution in [0.1, 0.15) is 25.0 Å². The first-order valence-corrected chi connectivity index (χ1v) is 7.27. The molecule has 3 N–H and O–H groups in total. The summed E-state index contributed by atoms with van der Waals surface area (Å²) >= 11 is 1.32. The number of aromatic nitrogens is 2. The zero-order valence-electron chi connectivity index (χ0n) is 10.7. The van der Waals surface area contributed by atoms with Gasteiger partial charge in [-0.15, -0.1) is 5.10 Å². The summed E-state index contributed by atoms with van der Waals surface area (Å²) in [5.41, 5.74) is 3.65. The highest BCUT2D eigenvalue weighted by atomic mass is 32.1. The summed E-state index contributed by atoms with van der Waals surface area (Å²) in [6, 6.07) is 1.49. The van der Waals surface area contributed by atoms with E-state index in [9.17, 15) is 0 Å². The molecule has 0 aliphatic carbocycles. The highest BCUT2D eigenvalue weighted by molar-refractivity contribution is 7.10. The maximum atomic E-state index is 5.47. The van der Waals surface area contributed by atoms with Crippen molar-refractivity contribution in [3.8, 4) is 0 Å². The number of anilines is 1. The molecule has 1 aromatic rings. The van der Waals surface area contributed by atoms with E-state index in [-0.39, 0.29) is 0 Å². The van der Waals surface area contributed by atoms with Crippen molar-refractivity contribution in [3.63, 3.8) is 0 Å². The molecule has 2 unspecified atom stereocenters. The molecule has 6 nitrogen and oxygen atoms in total. The predicted octanol–water partition coefficient (Wildman–Crippen LogP) is 0.492. The molecule has 2 saturated heterocycles. The molecule has 18 heavy (non-hydrogen) atoms.